The van der Waals surface area contributed by atoms with Crippen molar-refractivity contribution in [3.05, 3.63) is 30.0 Å². The lowest BCUT2D eigenvalue weighted by atomic mass is 9.96. The molecule has 1 fully saturated rings. The van der Waals surface area contributed by atoms with Crippen molar-refractivity contribution in [3.63, 3.8) is 0 Å². The molecule has 1 heterocycles. The molecule has 3 rings (SSSR count). The van der Waals surface area contributed by atoms with Gasteiger partial charge in [0, 0.05) is 17.1 Å². The molecule has 1 aromatic carbocycles. The first-order valence-electron chi connectivity index (χ1n) is 6.34. The van der Waals surface area contributed by atoms with E-state index in [-0.39, 0.29) is 0 Å². The van der Waals surface area contributed by atoms with Gasteiger partial charge < -0.3 is 15.5 Å². The number of nitrogens with one attached hydrogen (secondary N) is 1. The van der Waals surface area contributed by atoms with Crippen molar-refractivity contribution < 1.29 is 4.74 Å². The highest BCUT2D eigenvalue weighted by molar-refractivity contribution is 5.89. The molecule has 1 aromatic heterocycles. The molecule has 0 saturated heterocycles. The highest BCUT2D eigenvalue weighted by Gasteiger charge is 2.20. The van der Waals surface area contributed by atoms with E-state index in [1.54, 1.807) is 0 Å². The predicted molar refractivity (Wildman–Crippen MR) is 69.3 cm³/mol. The molecule has 1 aliphatic carbocycles. The Hall–Kier alpha value is -1.48. The Balaban J connectivity index is 1.99. The molecule has 3 N–H and O–H groups in total. The molecule has 3 heteroatoms. The Morgan fingerprint density at radius 3 is 2.94 bits per heavy atom. The molecule has 2 aromatic rings. The molecule has 0 aliphatic heterocycles. The minimum atomic E-state index is 0.418. The van der Waals surface area contributed by atoms with Crippen LogP contribution in [0.2, 0.25) is 0 Å². The molecular formula is C14H18N2O. The summed E-state index contributed by atoms with van der Waals surface area (Å²) in [6.07, 6.45) is 7.03. The molecule has 0 radical (unpaired) electrons. The van der Waals surface area contributed by atoms with Gasteiger partial charge >= 0.3 is 0 Å². The number of nitrogens with two attached hydrogens (primary N) is 1. The molecule has 0 spiro atoms. The number of aromatic nitrogens is 1. The fourth-order valence-corrected chi connectivity index (χ4v) is 2.34. The first-order valence-corrected chi connectivity index (χ1v) is 6.34. The largest absolute Gasteiger partial charge is 0.490 e. The van der Waals surface area contributed by atoms with Crippen molar-refractivity contribution in [2.45, 2.75) is 31.8 Å². The van der Waals surface area contributed by atoms with Crippen molar-refractivity contribution in [1.82, 2.24) is 4.98 Å². The monoisotopic (exact) mass is 230 g/mol. The van der Waals surface area contributed by atoms with Crippen LogP contribution in [0.25, 0.3) is 10.9 Å². The quantitative estimate of drug-likeness (QED) is 0.848. The van der Waals surface area contributed by atoms with E-state index in [1.807, 2.05) is 12.3 Å². The van der Waals surface area contributed by atoms with Crippen LogP contribution in [0.15, 0.2) is 24.4 Å². The minimum absolute atomic E-state index is 0.418. The Morgan fingerprint density at radius 1 is 1.35 bits per heavy atom. The first-order chi connectivity index (χ1) is 8.38. The van der Waals surface area contributed by atoms with Crippen LogP contribution in [0.1, 0.15) is 24.8 Å². The van der Waals surface area contributed by atoms with Crippen LogP contribution < -0.4 is 10.5 Å². The third-order valence-corrected chi connectivity index (χ3v) is 3.51. The zero-order chi connectivity index (χ0) is 11.7. The maximum absolute atomic E-state index is 6.05. The fourth-order valence-electron chi connectivity index (χ4n) is 2.34. The molecule has 17 heavy (non-hydrogen) atoms. The average Bonchev–Trinajstić information content (AvgIpc) is 2.68. The average molecular weight is 230 g/mol. The number of fused-ring (bicyclic) bond motifs is 1. The molecule has 3 nitrogen and oxygen atoms in total. The lowest BCUT2D eigenvalue weighted by Gasteiger charge is -2.26. The minimum Gasteiger partial charge on any atom is -0.490 e. The van der Waals surface area contributed by atoms with E-state index in [0.717, 1.165) is 17.7 Å². The van der Waals surface area contributed by atoms with Crippen LogP contribution in [0.4, 0.5) is 0 Å². The molecular weight excluding hydrogens is 212 g/mol. The Morgan fingerprint density at radius 2 is 2.24 bits per heavy atom. The Bertz CT molecular complexity index is 514. The SMILES string of the molecule is NCCc1c[nH]c2cccc(OC3CCC3)c12. The smallest absolute Gasteiger partial charge is 0.129 e. The summed E-state index contributed by atoms with van der Waals surface area (Å²) in [6.45, 7) is 0.671. The number of H-pyrrole nitrogens is 1. The van der Waals surface area contributed by atoms with Crippen LogP contribution in [-0.4, -0.2) is 17.6 Å². The molecule has 0 amide bonds. The molecule has 1 aliphatic rings. The summed E-state index contributed by atoms with van der Waals surface area (Å²) in [5, 5.41) is 1.21. The third-order valence-electron chi connectivity index (χ3n) is 3.51. The van der Waals surface area contributed by atoms with Gasteiger partial charge in [-0.2, -0.15) is 0 Å². The van der Waals surface area contributed by atoms with E-state index in [4.69, 9.17) is 10.5 Å². The maximum atomic E-state index is 6.05. The summed E-state index contributed by atoms with van der Waals surface area (Å²) >= 11 is 0. The van der Waals surface area contributed by atoms with E-state index >= 15 is 0 Å². The lowest BCUT2D eigenvalue weighted by molar-refractivity contribution is 0.122. The van der Waals surface area contributed by atoms with E-state index in [2.05, 4.69) is 17.1 Å². The van der Waals surface area contributed by atoms with Crippen LogP contribution in [0.3, 0.4) is 0 Å². The summed E-state index contributed by atoms with van der Waals surface area (Å²) in [5.74, 6) is 1.01. The van der Waals surface area contributed by atoms with E-state index in [9.17, 15) is 0 Å². The van der Waals surface area contributed by atoms with E-state index in [0.29, 0.717) is 12.6 Å². The topological polar surface area (TPSA) is 51.0 Å². The summed E-state index contributed by atoms with van der Waals surface area (Å²) in [5.41, 5.74) is 8.05. The van der Waals surface area contributed by atoms with Gasteiger partial charge in [-0.15, -0.1) is 0 Å². The molecule has 1 saturated carbocycles. The van der Waals surface area contributed by atoms with Gasteiger partial charge in [-0.05, 0) is 49.9 Å². The Kier molecular flexibility index (Phi) is 2.77. The van der Waals surface area contributed by atoms with Crippen LogP contribution in [0, 0.1) is 0 Å². The first kappa shape index (κ1) is 10.7. The number of aromatic amines is 1. The molecule has 0 atom stereocenters. The summed E-state index contributed by atoms with van der Waals surface area (Å²) in [7, 11) is 0. The second kappa shape index (κ2) is 4.41. The van der Waals surface area contributed by atoms with E-state index in [1.165, 1.54) is 30.2 Å². The van der Waals surface area contributed by atoms with Crippen LogP contribution in [-0.2, 0) is 6.42 Å². The number of benzene rings is 1. The second-order valence-corrected chi connectivity index (χ2v) is 4.70. The van der Waals surface area contributed by atoms with Gasteiger partial charge in [0.25, 0.3) is 0 Å². The Labute approximate surface area is 101 Å². The lowest BCUT2D eigenvalue weighted by Crippen LogP contribution is -2.24. The van der Waals surface area contributed by atoms with Gasteiger partial charge in [-0.3, -0.25) is 0 Å². The van der Waals surface area contributed by atoms with Crippen molar-refractivity contribution in [2.24, 2.45) is 5.73 Å². The summed E-state index contributed by atoms with van der Waals surface area (Å²) in [6, 6.07) is 6.19. The molecule has 0 unspecified atom stereocenters. The van der Waals surface area contributed by atoms with Crippen molar-refractivity contribution in [2.75, 3.05) is 6.54 Å². The van der Waals surface area contributed by atoms with Crippen LogP contribution >= 0.6 is 0 Å². The standard InChI is InChI=1S/C14H18N2O/c15-8-7-10-9-16-12-5-2-6-13(14(10)12)17-11-3-1-4-11/h2,5-6,9,11,16H,1,3-4,7-8,15H2. The highest BCUT2D eigenvalue weighted by Crippen LogP contribution is 2.33. The summed E-state index contributed by atoms with van der Waals surface area (Å²) in [4.78, 5) is 3.29. The molecule has 0 bridgehead atoms. The number of hydrogen-bond acceptors (Lipinski definition) is 2. The zero-order valence-corrected chi connectivity index (χ0v) is 9.91. The van der Waals surface area contributed by atoms with Gasteiger partial charge in [-0.25, -0.2) is 0 Å². The maximum Gasteiger partial charge on any atom is 0.129 e. The van der Waals surface area contributed by atoms with Gasteiger partial charge in [0.1, 0.15) is 5.75 Å². The van der Waals surface area contributed by atoms with Crippen molar-refractivity contribution in [3.8, 4) is 5.75 Å². The number of hydrogen-bond donors (Lipinski definition) is 2. The predicted octanol–water partition coefficient (Wildman–Crippen LogP) is 2.60. The second-order valence-electron chi connectivity index (χ2n) is 4.70. The third kappa shape index (κ3) is 1.91. The van der Waals surface area contributed by atoms with Gasteiger partial charge in [-0.1, -0.05) is 6.07 Å². The number of rotatable bonds is 4. The van der Waals surface area contributed by atoms with Gasteiger partial charge in [0.05, 0.1) is 6.10 Å². The van der Waals surface area contributed by atoms with E-state index < -0.39 is 0 Å². The molecule has 90 valence electrons. The zero-order valence-electron chi connectivity index (χ0n) is 9.91. The van der Waals surface area contributed by atoms with Crippen LogP contribution in [0.5, 0.6) is 5.75 Å². The van der Waals surface area contributed by atoms with Crippen molar-refractivity contribution in [1.29, 1.82) is 0 Å². The normalized spacial score (nSPS) is 16.1. The highest BCUT2D eigenvalue weighted by atomic mass is 16.5. The fraction of sp³-hybridized carbons (Fsp3) is 0.429. The van der Waals surface area contributed by atoms with Gasteiger partial charge in [0.2, 0.25) is 0 Å². The summed E-state index contributed by atoms with van der Waals surface area (Å²) < 4.78 is 6.05. The van der Waals surface area contributed by atoms with Gasteiger partial charge in [0.15, 0.2) is 0 Å². The number of ether oxygens (including phenoxy) is 1. The van der Waals surface area contributed by atoms with Crippen molar-refractivity contribution >= 4 is 10.9 Å².